The maximum Gasteiger partial charge on any atom is 0.272 e. The molecule has 2 aromatic rings. The van der Waals surface area contributed by atoms with Crippen molar-refractivity contribution in [3.63, 3.8) is 0 Å². The number of hydrogen-bond donors (Lipinski definition) is 1. The summed E-state index contributed by atoms with van der Waals surface area (Å²) < 4.78 is 6.20. The van der Waals surface area contributed by atoms with E-state index in [1.54, 1.807) is 6.20 Å². The standard InChI is InChI=1S/C26H35N7O2/c1-2-31-12-14-32(15-13-31)18-19-8-9-22(27-16-19)29-25-28-17-21-23(30-25)33(20-6-3-4-7-20)24(34)26(35-21)10-5-11-26/h8-9,16-17,20H,2-7,10-15,18H2,1H3,(H,27,28,29,30). The summed E-state index contributed by atoms with van der Waals surface area (Å²) in [5.74, 6) is 2.42. The highest BCUT2D eigenvalue weighted by Gasteiger charge is 2.54. The Morgan fingerprint density at radius 3 is 2.46 bits per heavy atom. The van der Waals surface area contributed by atoms with Gasteiger partial charge in [0.2, 0.25) is 5.95 Å². The lowest BCUT2D eigenvalue weighted by molar-refractivity contribution is -0.144. The number of nitrogens with zero attached hydrogens (tertiary/aromatic N) is 6. The number of likely N-dealkylation sites (N-methyl/N-ethyl adjacent to an activating group) is 1. The Bertz CT molecular complexity index is 1060. The van der Waals surface area contributed by atoms with E-state index in [9.17, 15) is 4.79 Å². The van der Waals surface area contributed by atoms with E-state index in [4.69, 9.17) is 9.72 Å². The zero-order valence-electron chi connectivity index (χ0n) is 20.6. The first-order chi connectivity index (χ1) is 17.1. The summed E-state index contributed by atoms with van der Waals surface area (Å²) >= 11 is 0. The summed E-state index contributed by atoms with van der Waals surface area (Å²) in [6, 6.07) is 4.28. The zero-order valence-corrected chi connectivity index (χ0v) is 20.6. The Balaban J connectivity index is 1.16. The highest BCUT2D eigenvalue weighted by Crippen LogP contribution is 2.47. The van der Waals surface area contributed by atoms with Gasteiger partial charge in [-0.2, -0.15) is 4.98 Å². The zero-order chi connectivity index (χ0) is 23.8. The maximum absolute atomic E-state index is 13.5. The molecule has 0 atom stereocenters. The highest BCUT2D eigenvalue weighted by molar-refractivity contribution is 6.03. The molecule has 3 fully saturated rings. The molecule has 1 spiro atoms. The van der Waals surface area contributed by atoms with Crippen molar-refractivity contribution in [2.45, 2.75) is 70.1 Å². The van der Waals surface area contributed by atoms with Gasteiger partial charge in [-0.05, 0) is 50.3 Å². The summed E-state index contributed by atoms with van der Waals surface area (Å²) in [6.45, 7) is 8.71. The van der Waals surface area contributed by atoms with E-state index in [0.29, 0.717) is 23.3 Å². The molecule has 4 aliphatic rings. The molecular formula is C26H35N7O2. The molecule has 0 unspecified atom stereocenters. The van der Waals surface area contributed by atoms with Crippen LogP contribution in [-0.2, 0) is 11.3 Å². The van der Waals surface area contributed by atoms with E-state index >= 15 is 0 Å². The van der Waals surface area contributed by atoms with Crippen molar-refractivity contribution >= 4 is 23.5 Å². The SMILES string of the molecule is CCN1CCN(Cc2ccc(Nc3ncc4c(n3)N(C3CCCC3)C(=O)C3(CCC3)O4)nc2)CC1. The molecule has 0 radical (unpaired) electrons. The van der Waals surface area contributed by atoms with Gasteiger partial charge in [0.15, 0.2) is 17.2 Å². The van der Waals surface area contributed by atoms with Crippen LogP contribution in [0.25, 0.3) is 0 Å². The normalized spacial score (nSPS) is 22.7. The van der Waals surface area contributed by atoms with E-state index in [1.807, 2.05) is 17.2 Å². The molecule has 1 N–H and O–H groups in total. The van der Waals surface area contributed by atoms with Crippen LogP contribution in [0.3, 0.4) is 0 Å². The van der Waals surface area contributed by atoms with Crippen LogP contribution in [-0.4, -0.2) is 75.0 Å². The molecule has 2 aliphatic heterocycles. The molecule has 2 aromatic heterocycles. The van der Waals surface area contributed by atoms with Crippen molar-refractivity contribution in [3.05, 3.63) is 30.1 Å². The molecule has 2 saturated carbocycles. The van der Waals surface area contributed by atoms with E-state index in [2.05, 4.69) is 38.1 Å². The number of amides is 1. The molecule has 4 heterocycles. The summed E-state index contributed by atoms with van der Waals surface area (Å²) in [7, 11) is 0. The average molecular weight is 478 g/mol. The molecule has 1 saturated heterocycles. The predicted octanol–water partition coefficient (Wildman–Crippen LogP) is 3.34. The Hall–Kier alpha value is -2.78. The van der Waals surface area contributed by atoms with Gasteiger partial charge in [0.25, 0.3) is 5.91 Å². The Kier molecular flexibility index (Phi) is 6.06. The van der Waals surface area contributed by atoms with Crippen LogP contribution in [0, 0.1) is 0 Å². The number of fused-ring (bicyclic) bond motifs is 1. The Morgan fingerprint density at radius 1 is 1.03 bits per heavy atom. The summed E-state index contributed by atoms with van der Waals surface area (Å²) in [5, 5.41) is 3.23. The first-order valence-electron chi connectivity index (χ1n) is 13.2. The lowest BCUT2D eigenvalue weighted by Gasteiger charge is -2.48. The van der Waals surface area contributed by atoms with Crippen molar-refractivity contribution in [1.29, 1.82) is 0 Å². The third kappa shape index (κ3) is 4.36. The number of carbonyl (C=O) groups excluding carboxylic acids is 1. The van der Waals surface area contributed by atoms with Gasteiger partial charge >= 0.3 is 0 Å². The highest BCUT2D eigenvalue weighted by atomic mass is 16.5. The number of nitrogens with one attached hydrogen (secondary N) is 1. The lowest BCUT2D eigenvalue weighted by atomic mass is 9.77. The van der Waals surface area contributed by atoms with Crippen LogP contribution in [0.5, 0.6) is 5.75 Å². The van der Waals surface area contributed by atoms with E-state index in [1.165, 1.54) is 5.56 Å². The number of rotatable bonds is 6. The number of anilines is 3. The van der Waals surface area contributed by atoms with Gasteiger partial charge in [-0.3, -0.25) is 14.6 Å². The monoisotopic (exact) mass is 477 g/mol. The number of carbonyl (C=O) groups is 1. The topological polar surface area (TPSA) is 86.7 Å². The van der Waals surface area contributed by atoms with Crippen LogP contribution < -0.4 is 15.0 Å². The van der Waals surface area contributed by atoms with Crippen LogP contribution >= 0.6 is 0 Å². The predicted molar refractivity (Wildman–Crippen MR) is 134 cm³/mol. The molecule has 1 amide bonds. The van der Waals surface area contributed by atoms with Crippen molar-refractivity contribution in [2.24, 2.45) is 0 Å². The second-order valence-corrected chi connectivity index (χ2v) is 10.3. The van der Waals surface area contributed by atoms with Crippen molar-refractivity contribution in [3.8, 4) is 5.75 Å². The van der Waals surface area contributed by atoms with Crippen molar-refractivity contribution < 1.29 is 9.53 Å². The molecule has 0 bridgehead atoms. The van der Waals surface area contributed by atoms with Gasteiger partial charge in [0.1, 0.15) is 5.82 Å². The molecule has 0 aromatic carbocycles. The molecule has 35 heavy (non-hydrogen) atoms. The number of ether oxygens (including phenoxy) is 1. The number of pyridine rings is 1. The smallest absolute Gasteiger partial charge is 0.272 e. The average Bonchev–Trinajstić information content (AvgIpc) is 3.39. The van der Waals surface area contributed by atoms with Crippen LogP contribution in [0.15, 0.2) is 24.5 Å². The van der Waals surface area contributed by atoms with Gasteiger partial charge in [-0.1, -0.05) is 25.8 Å². The quantitative estimate of drug-likeness (QED) is 0.678. The minimum Gasteiger partial charge on any atom is -0.472 e. The van der Waals surface area contributed by atoms with Crippen molar-refractivity contribution in [2.75, 3.05) is 42.9 Å². The molecule has 6 rings (SSSR count). The third-order valence-electron chi connectivity index (χ3n) is 8.11. The van der Waals surface area contributed by atoms with Gasteiger partial charge in [-0.25, -0.2) is 9.97 Å². The number of aromatic nitrogens is 3. The molecule has 186 valence electrons. The van der Waals surface area contributed by atoms with Gasteiger partial charge in [-0.15, -0.1) is 0 Å². The second-order valence-electron chi connectivity index (χ2n) is 10.3. The second kappa shape index (κ2) is 9.35. The van der Waals surface area contributed by atoms with Gasteiger partial charge < -0.3 is 15.0 Å². The van der Waals surface area contributed by atoms with Gasteiger partial charge in [0.05, 0.1) is 6.20 Å². The van der Waals surface area contributed by atoms with Gasteiger partial charge in [0, 0.05) is 45.0 Å². The Morgan fingerprint density at radius 2 is 1.80 bits per heavy atom. The summed E-state index contributed by atoms with van der Waals surface area (Å²) in [4.78, 5) is 34.2. The number of hydrogen-bond acceptors (Lipinski definition) is 8. The van der Waals surface area contributed by atoms with Crippen LogP contribution in [0.4, 0.5) is 17.6 Å². The van der Waals surface area contributed by atoms with E-state index < -0.39 is 5.60 Å². The minimum atomic E-state index is -0.700. The molecule has 2 aliphatic carbocycles. The molecular weight excluding hydrogens is 442 g/mol. The fourth-order valence-corrected chi connectivity index (χ4v) is 5.78. The maximum atomic E-state index is 13.5. The fourth-order valence-electron chi connectivity index (χ4n) is 5.78. The summed E-state index contributed by atoms with van der Waals surface area (Å²) in [5.41, 5.74) is 0.498. The first kappa shape index (κ1) is 22.7. The van der Waals surface area contributed by atoms with Crippen LogP contribution in [0.2, 0.25) is 0 Å². The summed E-state index contributed by atoms with van der Waals surface area (Å²) in [6.07, 6.45) is 10.6. The molecule has 9 heteroatoms. The Labute approximate surface area is 206 Å². The molecule has 9 nitrogen and oxygen atoms in total. The fraction of sp³-hybridized carbons (Fsp3) is 0.615. The van der Waals surface area contributed by atoms with Crippen LogP contribution in [0.1, 0.15) is 57.4 Å². The van der Waals surface area contributed by atoms with E-state index in [0.717, 1.165) is 84.2 Å². The van der Waals surface area contributed by atoms with E-state index in [-0.39, 0.29) is 11.9 Å². The first-order valence-corrected chi connectivity index (χ1v) is 13.2. The lowest BCUT2D eigenvalue weighted by Crippen LogP contribution is -2.62. The minimum absolute atomic E-state index is 0.0787. The van der Waals surface area contributed by atoms with Crippen molar-refractivity contribution in [1.82, 2.24) is 24.8 Å². The number of piperazine rings is 1. The third-order valence-corrected chi connectivity index (χ3v) is 8.11. The largest absolute Gasteiger partial charge is 0.472 e.